The summed E-state index contributed by atoms with van der Waals surface area (Å²) < 4.78 is 18.6. The molecule has 1 aliphatic rings. The Hall–Kier alpha value is -1.35. The molecule has 0 aliphatic carbocycles. The summed E-state index contributed by atoms with van der Waals surface area (Å²) in [5.74, 6) is -0.253. The normalized spacial score (nSPS) is 17.9. The Morgan fingerprint density at radius 1 is 1.33 bits per heavy atom. The zero-order valence-electron chi connectivity index (χ0n) is 8.45. The third-order valence-electron chi connectivity index (χ3n) is 2.60. The van der Waals surface area contributed by atoms with Gasteiger partial charge in [0, 0.05) is 5.56 Å². The zero-order chi connectivity index (χ0) is 10.7. The molecule has 1 aromatic rings. The smallest absolute Gasteiger partial charge is 0.128 e. The van der Waals surface area contributed by atoms with E-state index >= 15 is 0 Å². The van der Waals surface area contributed by atoms with Crippen LogP contribution in [-0.2, 0) is 4.74 Å². The summed E-state index contributed by atoms with van der Waals surface area (Å²) >= 11 is 0. The predicted molar refractivity (Wildman–Crippen MR) is 56.6 cm³/mol. The molecule has 0 radical (unpaired) electrons. The van der Waals surface area contributed by atoms with Gasteiger partial charge in [-0.2, -0.15) is 0 Å². The first kappa shape index (κ1) is 10.2. The second kappa shape index (κ2) is 4.45. The minimum Gasteiger partial charge on any atom is -0.501 e. The Balaban J connectivity index is 2.23. The molecule has 1 aliphatic heterocycles. The molecule has 0 amide bonds. The first-order valence-corrected chi connectivity index (χ1v) is 5.09. The molecule has 1 heterocycles. The van der Waals surface area contributed by atoms with Crippen molar-refractivity contribution < 1.29 is 9.13 Å². The van der Waals surface area contributed by atoms with Crippen molar-refractivity contribution in [3.05, 3.63) is 47.5 Å². The number of ether oxygens (including phenoxy) is 1. The van der Waals surface area contributed by atoms with E-state index in [0.29, 0.717) is 5.56 Å². The number of halogens is 1. The molecule has 80 valence electrons. The first-order valence-electron chi connectivity index (χ1n) is 5.09. The predicted octanol–water partition coefficient (Wildman–Crippen LogP) is 2.52. The molecule has 0 bridgehead atoms. The highest BCUT2D eigenvalue weighted by molar-refractivity contribution is 5.28. The second-order valence-corrected chi connectivity index (χ2v) is 3.67. The fourth-order valence-electron chi connectivity index (χ4n) is 1.74. The van der Waals surface area contributed by atoms with Gasteiger partial charge in [0.25, 0.3) is 0 Å². The van der Waals surface area contributed by atoms with Crippen LogP contribution in [0.25, 0.3) is 0 Å². The SMILES string of the molecule is NC(C1=COCCC1)c1ccccc1F. The largest absolute Gasteiger partial charge is 0.501 e. The highest BCUT2D eigenvalue weighted by Crippen LogP contribution is 2.26. The van der Waals surface area contributed by atoms with E-state index in [1.807, 2.05) is 0 Å². The second-order valence-electron chi connectivity index (χ2n) is 3.67. The van der Waals surface area contributed by atoms with Crippen LogP contribution < -0.4 is 5.73 Å². The van der Waals surface area contributed by atoms with Gasteiger partial charge in [-0.15, -0.1) is 0 Å². The summed E-state index contributed by atoms with van der Waals surface area (Å²) in [6.07, 6.45) is 3.50. The van der Waals surface area contributed by atoms with Gasteiger partial charge in [0.15, 0.2) is 0 Å². The van der Waals surface area contributed by atoms with Crippen molar-refractivity contribution >= 4 is 0 Å². The molecule has 0 spiro atoms. The van der Waals surface area contributed by atoms with Gasteiger partial charge in [0.1, 0.15) is 5.82 Å². The number of hydrogen-bond acceptors (Lipinski definition) is 2. The van der Waals surface area contributed by atoms with Gasteiger partial charge in [-0.05, 0) is 24.5 Å². The molecule has 1 atom stereocenters. The van der Waals surface area contributed by atoms with E-state index in [4.69, 9.17) is 10.5 Å². The quantitative estimate of drug-likeness (QED) is 0.808. The van der Waals surface area contributed by atoms with E-state index in [1.165, 1.54) is 6.07 Å². The molecule has 0 saturated heterocycles. The average molecular weight is 207 g/mol. The van der Waals surface area contributed by atoms with Crippen LogP contribution in [0.2, 0.25) is 0 Å². The van der Waals surface area contributed by atoms with Gasteiger partial charge in [0.2, 0.25) is 0 Å². The summed E-state index contributed by atoms with van der Waals surface area (Å²) in [5.41, 5.74) is 7.48. The standard InChI is InChI=1S/C12H14FNO/c13-11-6-2-1-5-10(11)12(14)9-4-3-7-15-8-9/h1-2,5-6,8,12H,3-4,7,14H2. The maximum absolute atomic E-state index is 13.4. The maximum atomic E-state index is 13.4. The van der Waals surface area contributed by atoms with Crippen LogP contribution in [0, 0.1) is 5.82 Å². The molecule has 1 unspecified atom stereocenters. The molecule has 3 heteroatoms. The third kappa shape index (κ3) is 2.18. The van der Waals surface area contributed by atoms with E-state index in [2.05, 4.69) is 0 Å². The molecule has 15 heavy (non-hydrogen) atoms. The lowest BCUT2D eigenvalue weighted by Gasteiger charge is -2.20. The monoisotopic (exact) mass is 207 g/mol. The Labute approximate surface area is 88.5 Å². The number of nitrogens with two attached hydrogens (primary N) is 1. The third-order valence-corrected chi connectivity index (χ3v) is 2.60. The molecule has 1 aromatic carbocycles. The minimum atomic E-state index is -0.383. The van der Waals surface area contributed by atoms with Crippen LogP contribution in [-0.4, -0.2) is 6.61 Å². The summed E-state index contributed by atoms with van der Waals surface area (Å²) in [6.45, 7) is 0.730. The molecule has 2 rings (SSSR count). The molecule has 2 N–H and O–H groups in total. The zero-order valence-corrected chi connectivity index (χ0v) is 8.45. The van der Waals surface area contributed by atoms with Crippen molar-refractivity contribution in [1.29, 1.82) is 0 Å². The van der Waals surface area contributed by atoms with Crippen LogP contribution >= 0.6 is 0 Å². The Morgan fingerprint density at radius 3 is 2.80 bits per heavy atom. The molecule has 0 fully saturated rings. The lowest BCUT2D eigenvalue weighted by molar-refractivity contribution is 0.221. The van der Waals surface area contributed by atoms with Gasteiger partial charge >= 0.3 is 0 Å². The van der Waals surface area contributed by atoms with Crippen LogP contribution in [0.3, 0.4) is 0 Å². The maximum Gasteiger partial charge on any atom is 0.128 e. The van der Waals surface area contributed by atoms with Gasteiger partial charge in [0.05, 0.1) is 18.9 Å². The van der Waals surface area contributed by atoms with E-state index in [1.54, 1.807) is 24.5 Å². The highest BCUT2D eigenvalue weighted by Gasteiger charge is 2.17. The average Bonchev–Trinajstić information content (AvgIpc) is 2.30. The Kier molecular flexibility index (Phi) is 3.02. The van der Waals surface area contributed by atoms with E-state index < -0.39 is 0 Å². The molecule has 0 aromatic heterocycles. The van der Waals surface area contributed by atoms with Crippen molar-refractivity contribution in [2.75, 3.05) is 6.61 Å². The molecular formula is C12H14FNO. The van der Waals surface area contributed by atoms with Crippen molar-refractivity contribution in [3.8, 4) is 0 Å². The van der Waals surface area contributed by atoms with E-state index in [9.17, 15) is 4.39 Å². The van der Waals surface area contributed by atoms with Gasteiger partial charge in [-0.25, -0.2) is 4.39 Å². The summed E-state index contributed by atoms with van der Waals surface area (Å²) in [4.78, 5) is 0. The van der Waals surface area contributed by atoms with Crippen LogP contribution in [0.4, 0.5) is 4.39 Å². The van der Waals surface area contributed by atoms with Gasteiger partial charge < -0.3 is 10.5 Å². The summed E-state index contributed by atoms with van der Waals surface area (Å²) in [6, 6.07) is 6.22. The van der Waals surface area contributed by atoms with Crippen molar-refractivity contribution in [2.45, 2.75) is 18.9 Å². The van der Waals surface area contributed by atoms with E-state index in [-0.39, 0.29) is 11.9 Å². The van der Waals surface area contributed by atoms with Crippen LogP contribution in [0.15, 0.2) is 36.1 Å². The number of hydrogen-bond donors (Lipinski definition) is 1. The van der Waals surface area contributed by atoms with Crippen molar-refractivity contribution in [3.63, 3.8) is 0 Å². The topological polar surface area (TPSA) is 35.2 Å². The number of rotatable bonds is 2. The Bertz CT molecular complexity index is 376. The van der Waals surface area contributed by atoms with Crippen molar-refractivity contribution in [2.24, 2.45) is 5.73 Å². The van der Waals surface area contributed by atoms with Crippen LogP contribution in [0.5, 0.6) is 0 Å². The minimum absolute atomic E-state index is 0.253. The summed E-state index contributed by atoms with van der Waals surface area (Å²) in [7, 11) is 0. The molecule has 2 nitrogen and oxygen atoms in total. The lowest BCUT2D eigenvalue weighted by atomic mass is 9.96. The molecule has 0 saturated carbocycles. The fourth-order valence-corrected chi connectivity index (χ4v) is 1.74. The van der Waals surface area contributed by atoms with Crippen molar-refractivity contribution in [1.82, 2.24) is 0 Å². The number of benzene rings is 1. The van der Waals surface area contributed by atoms with Gasteiger partial charge in [-0.1, -0.05) is 18.2 Å². The Morgan fingerprint density at radius 2 is 2.13 bits per heavy atom. The summed E-state index contributed by atoms with van der Waals surface area (Å²) in [5, 5.41) is 0. The molecular weight excluding hydrogens is 193 g/mol. The first-order chi connectivity index (χ1) is 7.29. The van der Waals surface area contributed by atoms with Gasteiger partial charge in [-0.3, -0.25) is 0 Å². The lowest BCUT2D eigenvalue weighted by Crippen LogP contribution is -2.17. The highest BCUT2D eigenvalue weighted by atomic mass is 19.1. The van der Waals surface area contributed by atoms with Crippen LogP contribution in [0.1, 0.15) is 24.4 Å². The fraction of sp³-hybridized carbons (Fsp3) is 0.333. The van der Waals surface area contributed by atoms with E-state index in [0.717, 1.165) is 25.0 Å².